The van der Waals surface area contributed by atoms with E-state index in [1.54, 1.807) is 30.5 Å². The van der Waals surface area contributed by atoms with Crippen LogP contribution >= 0.6 is 0 Å². The van der Waals surface area contributed by atoms with Crippen LogP contribution in [0.3, 0.4) is 0 Å². The van der Waals surface area contributed by atoms with Crippen LogP contribution in [-0.2, 0) is 6.42 Å². The minimum absolute atomic E-state index is 0.215. The molecule has 1 amide bonds. The molecule has 0 bridgehead atoms. The van der Waals surface area contributed by atoms with Gasteiger partial charge in [0.15, 0.2) is 0 Å². The normalized spacial score (nSPS) is 10.4. The summed E-state index contributed by atoms with van der Waals surface area (Å²) in [6.45, 7) is 3.19. The predicted molar refractivity (Wildman–Crippen MR) is 106 cm³/mol. The molecule has 0 spiro atoms. The first-order valence-electron chi connectivity index (χ1n) is 8.99. The van der Waals surface area contributed by atoms with E-state index in [2.05, 4.69) is 22.1 Å². The quantitative estimate of drug-likeness (QED) is 0.679. The number of nitrogens with zero attached hydrogens (tertiary/aromatic N) is 2. The lowest BCUT2D eigenvalue weighted by molar-refractivity contribution is 0.0953. The van der Waals surface area contributed by atoms with Crippen molar-refractivity contribution in [3.8, 4) is 0 Å². The van der Waals surface area contributed by atoms with E-state index in [0.29, 0.717) is 24.1 Å². The number of benzene rings is 2. The molecule has 0 aliphatic heterocycles. The first-order chi connectivity index (χ1) is 13.2. The largest absolute Gasteiger partial charge is 0.352 e. The van der Waals surface area contributed by atoms with E-state index in [0.717, 1.165) is 18.1 Å². The molecule has 0 aliphatic carbocycles. The highest BCUT2D eigenvalue weighted by atomic mass is 19.1. The van der Waals surface area contributed by atoms with E-state index in [9.17, 15) is 9.18 Å². The Morgan fingerprint density at radius 1 is 1.04 bits per heavy atom. The molecule has 5 heteroatoms. The van der Waals surface area contributed by atoms with E-state index in [-0.39, 0.29) is 11.7 Å². The molecule has 4 nitrogen and oxygen atoms in total. The molecule has 0 aliphatic rings. The Balaban J connectivity index is 1.61. The van der Waals surface area contributed by atoms with Gasteiger partial charge in [-0.05, 0) is 49.2 Å². The van der Waals surface area contributed by atoms with Crippen molar-refractivity contribution < 1.29 is 9.18 Å². The van der Waals surface area contributed by atoms with Gasteiger partial charge in [-0.2, -0.15) is 0 Å². The Morgan fingerprint density at radius 2 is 1.78 bits per heavy atom. The number of para-hydroxylation sites is 1. The minimum atomic E-state index is -0.252. The van der Waals surface area contributed by atoms with Crippen molar-refractivity contribution in [1.29, 1.82) is 0 Å². The molecular formula is C22H22FN3O. The van der Waals surface area contributed by atoms with E-state index in [1.165, 1.54) is 6.07 Å². The minimum Gasteiger partial charge on any atom is -0.352 e. The lowest BCUT2D eigenvalue weighted by atomic mass is 10.1. The van der Waals surface area contributed by atoms with Crippen LogP contribution in [0.1, 0.15) is 22.8 Å². The van der Waals surface area contributed by atoms with Gasteiger partial charge in [-0.3, -0.25) is 4.79 Å². The third-order valence-electron chi connectivity index (χ3n) is 4.31. The van der Waals surface area contributed by atoms with Gasteiger partial charge in [-0.1, -0.05) is 36.4 Å². The summed E-state index contributed by atoms with van der Waals surface area (Å²) >= 11 is 0. The maximum Gasteiger partial charge on any atom is 0.252 e. The third-order valence-corrected chi connectivity index (χ3v) is 4.31. The zero-order chi connectivity index (χ0) is 19.1. The number of carbonyl (C=O) groups is 1. The number of hydrogen-bond donors (Lipinski definition) is 1. The molecule has 0 fully saturated rings. The molecule has 1 aromatic heterocycles. The average molecular weight is 363 g/mol. The molecule has 138 valence electrons. The highest BCUT2D eigenvalue weighted by molar-refractivity contribution is 5.94. The standard InChI is InChI=1S/C22H22FN3O/c1-2-26(19-9-4-3-5-10-19)21-13-12-18(16-25-21)22(27)24-15-14-17-8-6-7-11-20(17)23/h3-13,16H,2,14-15H2,1H3,(H,24,27). The van der Waals surface area contributed by atoms with E-state index >= 15 is 0 Å². The van der Waals surface area contributed by atoms with Crippen LogP contribution in [0, 0.1) is 5.82 Å². The molecule has 1 N–H and O–H groups in total. The van der Waals surface area contributed by atoms with Crippen molar-refractivity contribution in [2.45, 2.75) is 13.3 Å². The van der Waals surface area contributed by atoms with Crippen LogP contribution in [-0.4, -0.2) is 24.0 Å². The third kappa shape index (κ3) is 4.70. The Labute approximate surface area is 158 Å². The van der Waals surface area contributed by atoms with Gasteiger partial charge in [-0.25, -0.2) is 9.37 Å². The van der Waals surface area contributed by atoms with Crippen molar-refractivity contribution >= 4 is 17.4 Å². The highest BCUT2D eigenvalue weighted by Crippen LogP contribution is 2.22. The Bertz CT molecular complexity index is 882. The first-order valence-corrected chi connectivity index (χ1v) is 8.99. The van der Waals surface area contributed by atoms with Crippen LogP contribution in [0.4, 0.5) is 15.9 Å². The number of anilines is 2. The summed E-state index contributed by atoms with van der Waals surface area (Å²) < 4.78 is 13.6. The van der Waals surface area contributed by atoms with Gasteiger partial charge < -0.3 is 10.2 Å². The topological polar surface area (TPSA) is 45.2 Å². The van der Waals surface area contributed by atoms with Crippen LogP contribution < -0.4 is 10.2 Å². The van der Waals surface area contributed by atoms with Crippen LogP contribution in [0.25, 0.3) is 0 Å². The van der Waals surface area contributed by atoms with Crippen molar-refractivity contribution in [2.75, 3.05) is 18.0 Å². The Kier molecular flexibility index (Phi) is 6.15. The van der Waals surface area contributed by atoms with Crippen molar-refractivity contribution in [2.24, 2.45) is 0 Å². The fraction of sp³-hybridized carbons (Fsp3) is 0.182. The second-order valence-corrected chi connectivity index (χ2v) is 6.08. The SMILES string of the molecule is CCN(c1ccccc1)c1ccc(C(=O)NCCc2ccccc2F)cn1. The Hall–Kier alpha value is -3.21. The number of carbonyl (C=O) groups excluding carboxylic acids is 1. The molecule has 0 saturated heterocycles. The van der Waals surface area contributed by atoms with Crippen LogP contribution in [0.2, 0.25) is 0 Å². The number of hydrogen-bond acceptors (Lipinski definition) is 3. The lowest BCUT2D eigenvalue weighted by Crippen LogP contribution is -2.26. The van der Waals surface area contributed by atoms with Crippen LogP contribution in [0.15, 0.2) is 72.9 Å². The summed E-state index contributed by atoms with van der Waals surface area (Å²) in [7, 11) is 0. The maximum atomic E-state index is 13.6. The molecule has 0 atom stereocenters. The fourth-order valence-electron chi connectivity index (χ4n) is 2.88. The molecule has 3 rings (SSSR count). The van der Waals surface area contributed by atoms with E-state index in [4.69, 9.17) is 0 Å². The van der Waals surface area contributed by atoms with Crippen molar-refractivity contribution in [3.63, 3.8) is 0 Å². The number of halogens is 1. The second kappa shape index (κ2) is 8.94. The fourth-order valence-corrected chi connectivity index (χ4v) is 2.88. The molecule has 3 aromatic rings. The maximum absolute atomic E-state index is 13.6. The number of rotatable bonds is 7. The molecular weight excluding hydrogens is 341 g/mol. The molecule has 0 saturated carbocycles. The van der Waals surface area contributed by atoms with Crippen molar-refractivity contribution in [3.05, 3.63) is 89.9 Å². The average Bonchev–Trinajstić information content (AvgIpc) is 2.71. The van der Waals surface area contributed by atoms with Crippen molar-refractivity contribution in [1.82, 2.24) is 10.3 Å². The summed E-state index contributed by atoms with van der Waals surface area (Å²) in [5, 5.41) is 2.81. The molecule has 0 unspecified atom stereocenters. The molecule has 1 heterocycles. The number of aromatic nitrogens is 1. The molecule has 27 heavy (non-hydrogen) atoms. The van der Waals surface area contributed by atoms with Gasteiger partial charge >= 0.3 is 0 Å². The van der Waals surface area contributed by atoms with Crippen LogP contribution in [0.5, 0.6) is 0 Å². The zero-order valence-corrected chi connectivity index (χ0v) is 15.2. The van der Waals surface area contributed by atoms with Gasteiger partial charge in [0.05, 0.1) is 5.56 Å². The number of amides is 1. The molecule has 0 radical (unpaired) electrons. The van der Waals surface area contributed by atoms with E-state index in [1.807, 2.05) is 36.4 Å². The van der Waals surface area contributed by atoms with Gasteiger partial charge in [0.2, 0.25) is 0 Å². The number of pyridine rings is 1. The van der Waals surface area contributed by atoms with Gasteiger partial charge in [0.25, 0.3) is 5.91 Å². The summed E-state index contributed by atoms with van der Waals surface area (Å²) in [6.07, 6.45) is 2.01. The smallest absolute Gasteiger partial charge is 0.252 e. The van der Waals surface area contributed by atoms with Gasteiger partial charge in [0.1, 0.15) is 11.6 Å². The first kappa shape index (κ1) is 18.6. The summed E-state index contributed by atoms with van der Waals surface area (Å²) in [5.74, 6) is 0.318. The number of nitrogens with one attached hydrogen (secondary N) is 1. The highest BCUT2D eigenvalue weighted by Gasteiger charge is 2.11. The lowest BCUT2D eigenvalue weighted by Gasteiger charge is -2.22. The van der Waals surface area contributed by atoms with E-state index < -0.39 is 0 Å². The van der Waals surface area contributed by atoms with Gasteiger partial charge in [0, 0.05) is 25.0 Å². The second-order valence-electron chi connectivity index (χ2n) is 6.08. The van der Waals surface area contributed by atoms with Gasteiger partial charge in [-0.15, -0.1) is 0 Å². The molecule has 2 aromatic carbocycles. The summed E-state index contributed by atoms with van der Waals surface area (Å²) in [6, 6.07) is 20.2. The monoisotopic (exact) mass is 363 g/mol. The zero-order valence-electron chi connectivity index (χ0n) is 15.2. The predicted octanol–water partition coefficient (Wildman–Crippen LogP) is 4.35. The Morgan fingerprint density at radius 3 is 2.44 bits per heavy atom. The summed E-state index contributed by atoms with van der Waals surface area (Å²) in [5.41, 5.74) is 2.12. The summed E-state index contributed by atoms with van der Waals surface area (Å²) in [4.78, 5) is 18.8.